The van der Waals surface area contributed by atoms with Gasteiger partial charge in [0.05, 0.1) is 5.56 Å². The van der Waals surface area contributed by atoms with Crippen LogP contribution < -0.4 is 10.5 Å². The molecule has 0 atom stereocenters. The number of carboxylic acids is 1. The maximum atomic E-state index is 11.2. The summed E-state index contributed by atoms with van der Waals surface area (Å²) in [4.78, 5) is 25.9. The summed E-state index contributed by atoms with van der Waals surface area (Å²) in [6.07, 6.45) is 1.45. The van der Waals surface area contributed by atoms with Gasteiger partial charge in [0.2, 0.25) is 5.88 Å². The lowest BCUT2D eigenvalue weighted by molar-refractivity contribution is 0.0696. The highest BCUT2D eigenvalue weighted by atomic mass is 16.5. The molecule has 19 heavy (non-hydrogen) atoms. The van der Waals surface area contributed by atoms with E-state index in [1.165, 1.54) is 30.5 Å². The van der Waals surface area contributed by atoms with Gasteiger partial charge in [-0.1, -0.05) is 6.07 Å². The predicted molar refractivity (Wildman–Crippen MR) is 66.2 cm³/mol. The quantitative estimate of drug-likeness (QED) is 0.868. The molecule has 0 saturated carbocycles. The molecule has 0 spiro atoms. The molecule has 1 heterocycles. The van der Waals surface area contributed by atoms with Gasteiger partial charge in [-0.25, -0.2) is 9.78 Å². The Morgan fingerprint density at radius 3 is 2.68 bits per heavy atom. The van der Waals surface area contributed by atoms with E-state index in [-0.39, 0.29) is 22.8 Å². The minimum atomic E-state index is -1.07. The van der Waals surface area contributed by atoms with Crippen LogP contribution in [0.1, 0.15) is 20.7 Å². The highest BCUT2D eigenvalue weighted by molar-refractivity contribution is 5.95. The van der Waals surface area contributed by atoms with E-state index < -0.39 is 11.9 Å². The number of hydrogen-bond donors (Lipinski definition) is 2. The fourth-order valence-corrected chi connectivity index (χ4v) is 1.46. The van der Waals surface area contributed by atoms with Gasteiger partial charge in [-0.3, -0.25) is 4.79 Å². The van der Waals surface area contributed by atoms with Crippen molar-refractivity contribution in [3.05, 3.63) is 53.7 Å². The molecule has 0 aliphatic heterocycles. The first-order valence-electron chi connectivity index (χ1n) is 5.34. The Labute approximate surface area is 108 Å². The standard InChI is InChI=1S/C13H10N2O4/c14-11(16)10-5-2-6-15-12(10)19-9-4-1-3-8(7-9)13(17)18/h1-7H,(H2,14,16)(H,17,18). The van der Waals surface area contributed by atoms with E-state index in [2.05, 4.69) is 4.98 Å². The van der Waals surface area contributed by atoms with Crippen LogP contribution in [0.2, 0.25) is 0 Å². The maximum Gasteiger partial charge on any atom is 0.335 e. The number of amides is 1. The van der Waals surface area contributed by atoms with Crippen LogP contribution in [-0.2, 0) is 0 Å². The number of carboxylic acid groups (broad SMARTS) is 1. The summed E-state index contributed by atoms with van der Waals surface area (Å²) >= 11 is 0. The number of aromatic nitrogens is 1. The lowest BCUT2D eigenvalue weighted by Crippen LogP contribution is -2.12. The van der Waals surface area contributed by atoms with Crippen molar-refractivity contribution in [2.24, 2.45) is 5.73 Å². The van der Waals surface area contributed by atoms with Crippen LogP contribution in [0.4, 0.5) is 0 Å². The highest BCUT2D eigenvalue weighted by Gasteiger charge is 2.12. The van der Waals surface area contributed by atoms with E-state index in [4.69, 9.17) is 15.6 Å². The van der Waals surface area contributed by atoms with E-state index in [9.17, 15) is 9.59 Å². The molecule has 2 rings (SSSR count). The van der Waals surface area contributed by atoms with E-state index in [0.29, 0.717) is 0 Å². The summed E-state index contributed by atoms with van der Waals surface area (Å²) in [5.41, 5.74) is 5.40. The lowest BCUT2D eigenvalue weighted by Gasteiger charge is -2.07. The van der Waals surface area contributed by atoms with Crippen molar-refractivity contribution in [3.8, 4) is 11.6 Å². The molecule has 0 aliphatic carbocycles. The van der Waals surface area contributed by atoms with Gasteiger partial charge in [0.1, 0.15) is 11.3 Å². The Morgan fingerprint density at radius 2 is 2.00 bits per heavy atom. The summed E-state index contributed by atoms with van der Waals surface area (Å²) in [5, 5.41) is 8.87. The number of ether oxygens (including phenoxy) is 1. The third-order valence-electron chi connectivity index (χ3n) is 2.33. The van der Waals surface area contributed by atoms with Crippen molar-refractivity contribution in [1.29, 1.82) is 0 Å². The number of rotatable bonds is 4. The highest BCUT2D eigenvalue weighted by Crippen LogP contribution is 2.23. The summed E-state index contributed by atoms with van der Waals surface area (Å²) in [6, 6.07) is 8.90. The topological polar surface area (TPSA) is 103 Å². The molecule has 1 amide bonds. The van der Waals surface area contributed by atoms with Crippen LogP contribution in [0, 0.1) is 0 Å². The third kappa shape index (κ3) is 2.86. The molecule has 96 valence electrons. The van der Waals surface area contributed by atoms with Gasteiger partial charge in [0.15, 0.2) is 0 Å². The van der Waals surface area contributed by atoms with Crippen molar-refractivity contribution < 1.29 is 19.4 Å². The molecular formula is C13H10N2O4. The van der Waals surface area contributed by atoms with Crippen LogP contribution in [0.25, 0.3) is 0 Å². The third-order valence-corrected chi connectivity index (χ3v) is 2.33. The van der Waals surface area contributed by atoms with Crippen LogP contribution in [0.3, 0.4) is 0 Å². The van der Waals surface area contributed by atoms with Crippen molar-refractivity contribution >= 4 is 11.9 Å². The maximum absolute atomic E-state index is 11.2. The molecular weight excluding hydrogens is 248 g/mol. The summed E-state index contributed by atoms with van der Waals surface area (Å²) < 4.78 is 5.39. The zero-order valence-electron chi connectivity index (χ0n) is 9.74. The molecule has 0 unspecified atom stereocenters. The number of carbonyl (C=O) groups excluding carboxylic acids is 1. The van der Waals surface area contributed by atoms with Gasteiger partial charge >= 0.3 is 5.97 Å². The zero-order valence-corrected chi connectivity index (χ0v) is 9.74. The Morgan fingerprint density at radius 1 is 1.21 bits per heavy atom. The van der Waals surface area contributed by atoms with Crippen molar-refractivity contribution in [1.82, 2.24) is 4.98 Å². The molecule has 6 heteroatoms. The molecule has 0 radical (unpaired) electrons. The van der Waals surface area contributed by atoms with Crippen LogP contribution in [-0.4, -0.2) is 22.0 Å². The monoisotopic (exact) mass is 258 g/mol. The fraction of sp³-hybridized carbons (Fsp3) is 0. The summed E-state index contributed by atoms with van der Waals surface area (Å²) in [6.45, 7) is 0. The van der Waals surface area contributed by atoms with Crippen molar-refractivity contribution in [2.45, 2.75) is 0 Å². The second-order valence-corrected chi connectivity index (χ2v) is 3.66. The van der Waals surface area contributed by atoms with Crippen molar-refractivity contribution in [3.63, 3.8) is 0 Å². The number of nitrogens with two attached hydrogens (primary N) is 1. The van der Waals surface area contributed by atoms with Gasteiger partial charge in [-0.15, -0.1) is 0 Å². The predicted octanol–water partition coefficient (Wildman–Crippen LogP) is 1.67. The number of pyridine rings is 1. The number of benzene rings is 1. The van der Waals surface area contributed by atoms with E-state index in [1.54, 1.807) is 12.1 Å². The Bertz CT molecular complexity index is 640. The van der Waals surface area contributed by atoms with Crippen LogP contribution in [0.5, 0.6) is 11.6 Å². The van der Waals surface area contributed by atoms with Crippen LogP contribution >= 0.6 is 0 Å². The molecule has 3 N–H and O–H groups in total. The van der Waals surface area contributed by atoms with Gasteiger partial charge in [-0.2, -0.15) is 0 Å². The molecule has 0 bridgehead atoms. The molecule has 6 nitrogen and oxygen atoms in total. The van der Waals surface area contributed by atoms with Crippen molar-refractivity contribution in [2.75, 3.05) is 0 Å². The van der Waals surface area contributed by atoms with E-state index in [0.717, 1.165) is 0 Å². The van der Waals surface area contributed by atoms with Gasteiger partial charge in [0.25, 0.3) is 5.91 Å². The minimum Gasteiger partial charge on any atom is -0.478 e. The SMILES string of the molecule is NC(=O)c1cccnc1Oc1cccc(C(=O)O)c1. The van der Waals surface area contributed by atoms with E-state index in [1.807, 2.05) is 0 Å². The molecule has 1 aromatic heterocycles. The Kier molecular flexibility index (Phi) is 3.42. The van der Waals surface area contributed by atoms with E-state index >= 15 is 0 Å². The second-order valence-electron chi connectivity index (χ2n) is 3.66. The molecule has 0 aliphatic rings. The first-order chi connectivity index (χ1) is 9.08. The Hall–Kier alpha value is -2.89. The summed E-state index contributed by atoms with van der Waals surface area (Å²) in [5.74, 6) is -1.43. The largest absolute Gasteiger partial charge is 0.478 e. The molecule has 1 aromatic carbocycles. The smallest absolute Gasteiger partial charge is 0.335 e. The molecule has 0 fully saturated rings. The number of aromatic carboxylic acids is 1. The normalized spacial score (nSPS) is 9.89. The first kappa shape index (κ1) is 12.6. The average Bonchev–Trinajstić information content (AvgIpc) is 2.39. The molecule has 2 aromatic rings. The number of carbonyl (C=O) groups is 2. The number of hydrogen-bond acceptors (Lipinski definition) is 4. The first-order valence-corrected chi connectivity index (χ1v) is 5.34. The number of primary amides is 1. The number of nitrogens with zero attached hydrogens (tertiary/aromatic N) is 1. The zero-order chi connectivity index (χ0) is 13.8. The van der Waals surface area contributed by atoms with Gasteiger partial charge < -0.3 is 15.6 Å². The molecule has 0 saturated heterocycles. The Balaban J connectivity index is 2.34. The summed E-state index contributed by atoms with van der Waals surface area (Å²) in [7, 11) is 0. The fourth-order valence-electron chi connectivity index (χ4n) is 1.46. The van der Waals surface area contributed by atoms with Gasteiger partial charge in [0, 0.05) is 6.20 Å². The van der Waals surface area contributed by atoms with Crippen LogP contribution in [0.15, 0.2) is 42.6 Å². The minimum absolute atomic E-state index is 0.0394. The second kappa shape index (κ2) is 5.18. The average molecular weight is 258 g/mol. The lowest BCUT2D eigenvalue weighted by atomic mass is 10.2. The van der Waals surface area contributed by atoms with Gasteiger partial charge in [-0.05, 0) is 30.3 Å².